The zero-order valence-electron chi connectivity index (χ0n) is 8.37. The molecule has 0 fully saturated rings. The van der Waals surface area contributed by atoms with Gasteiger partial charge in [-0.2, -0.15) is 0 Å². The predicted molar refractivity (Wildman–Crippen MR) is 55.7 cm³/mol. The van der Waals surface area contributed by atoms with Crippen LogP contribution in [0.4, 0.5) is 0 Å². The molecule has 0 unspecified atom stereocenters. The molecular weight excluding hydrogens is 220 g/mol. The van der Waals surface area contributed by atoms with Crippen molar-refractivity contribution in [1.82, 2.24) is 0 Å². The van der Waals surface area contributed by atoms with Crippen molar-refractivity contribution >= 4 is 17.6 Å². The minimum absolute atomic E-state index is 0.165. The van der Waals surface area contributed by atoms with Gasteiger partial charge in [-0.05, 0) is 12.5 Å². The number of carbonyl (C=O) groups is 1. The summed E-state index contributed by atoms with van der Waals surface area (Å²) in [4.78, 5) is 10.6. The minimum Gasteiger partial charge on any atom is -0.504 e. The first-order valence-electron chi connectivity index (χ1n) is 4.24. The summed E-state index contributed by atoms with van der Waals surface area (Å²) in [5, 5.41) is 18.7. The molecule has 0 aromatic heterocycles. The highest BCUT2D eigenvalue weighted by Crippen LogP contribution is 2.37. The maximum atomic E-state index is 10.6. The first kappa shape index (κ1) is 11.7. The average molecular weight is 231 g/mol. The molecule has 1 rings (SSSR count). The highest BCUT2D eigenvalue weighted by Gasteiger charge is 2.16. The van der Waals surface area contributed by atoms with Crippen LogP contribution in [0.2, 0.25) is 5.02 Å². The van der Waals surface area contributed by atoms with Crippen LogP contribution in [0.1, 0.15) is 11.1 Å². The molecule has 0 atom stereocenters. The van der Waals surface area contributed by atoms with E-state index >= 15 is 0 Å². The van der Waals surface area contributed by atoms with Gasteiger partial charge in [0, 0.05) is 16.7 Å². The van der Waals surface area contributed by atoms with Crippen LogP contribution >= 0.6 is 11.6 Å². The first-order chi connectivity index (χ1) is 6.97. The van der Waals surface area contributed by atoms with Crippen molar-refractivity contribution in [2.45, 2.75) is 13.3 Å². The van der Waals surface area contributed by atoms with Crippen molar-refractivity contribution in [3.8, 4) is 11.5 Å². The van der Waals surface area contributed by atoms with E-state index in [0.717, 1.165) is 0 Å². The molecule has 0 spiro atoms. The van der Waals surface area contributed by atoms with Gasteiger partial charge < -0.3 is 14.9 Å². The molecule has 1 aromatic carbocycles. The summed E-state index contributed by atoms with van der Waals surface area (Å²) in [6.07, 6.45) is -0.283. The largest absolute Gasteiger partial charge is 0.504 e. The normalized spacial score (nSPS) is 10.1. The lowest BCUT2D eigenvalue weighted by Crippen LogP contribution is -2.03. The molecule has 0 saturated heterocycles. The Labute approximate surface area is 92.1 Å². The number of carboxylic acids is 1. The lowest BCUT2D eigenvalue weighted by atomic mass is 10.0. The third kappa shape index (κ3) is 2.33. The SMILES string of the molecule is COc1cc(Cl)c(C)c(CC(=O)O)c1O. The molecule has 0 amide bonds. The highest BCUT2D eigenvalue weighted by molar-refractivity contribution is 6.31. The lowest BCUT2D eigenvalue weighted by Gasteiger charge is -2.12. The maximum Gasteiger partial charge on any atom is 0.307 e. The molecule has 4 nitrogen and oxygen atoms in total. The average Bonchev–Trinajstić information content (AvgIpc) is 2.18. The van der Waals surface area contributed by atoms with E-state index in [0.29, 0.717) is 10.6 Å². The molecule has 0 bridgehead atoms. The number of halogens is 1. The fourth-order valence-corrected chi connectivity index (χ4v) is 1.50. The number of phenolic OH excluding ortho intramolecular Hbond substituents is 1. The molecular formula is C10H11ClO4. The Kier molecular flexibility index (Phi) is 3.42. The Morgan fingerprint density at radius 3 is 2.67 bits per heavy atom. The van der Waals surface area contributed by atoms with Crippen LogP contribution in [0.3, 0.4) is 0 Å². The monoisotopic (exact) mass is 230 g/mol. The van der Waals surface area contributed by atoms with Crippen LogP contribution in [0.25, 0.3) is 0 Å². The molecule has 2 N–H and O–H groups in total. The number of aliphatic carboxylic acids is 1. The first-order valence-corrected chi connectivity index (χ1v) is 4.62. The fraction of sp³-hybridized carbons (Fsp3) is 0.300. The number of rotatable bonds is 3. The van der Waals surface area contributed by atoms with Crippen molar-refractivity contribution in [2.24, 2.45) is 0 Å². The molecule has 15 heavy (non-hydrogen) atoms. The van der Waals surface area contributed by atoms with E-state index < -0.39 is 5.97 Å². The van der Waals surface area contributed by atoms with Crippen molar-refractivity contribution in [3.63, 3.8) is 0 Å². The van der Waals surface area contributed by atoms with Crippen LogP contribution in [-0.2, 0) is 11.2 Å². The van der Waals surface area contributed by atoms with E-state index in [1.807, 2.05) is 0 Å². The van der Waals surface area contributed by atoms with Crippen LogP contribution in [0.15, 0.2) is 6.07 Å². The molecule has 0 heterocycles. The van der Waals surface area contributed by atoms with Gasteiger partial charge in [0.15, 0.2) is 11.5 Å². The molecule has 0 aliphatic rings. The van der Waals surface area contributed by atoms with E-state index in [1.165, 1.54) is 13.2 Å². The van der Waals surface area contributed by atoms with Crippen LogP contribution in [0.5, 0.6) is 11.5 Å². The van der Waals surface area contributed by atoms with Gasteiger partial charge in [-0.25, -0.2) is 0 Å². The predicted octanol–water partition coefficient (Wildman–Crippen LogP) is 1.99. The number of hydrogen-bond acceptors (Lipinski definition) is 3. The molecule has 0 saturated carbocycles. The van der Waals surface area contributed by atoms with Crippen LogP contribution in [0, 0.1) is 6.92 Å². The topological polar surface area (TPSA) is 66.8 Å². The molecule has 0 radical (unpaired) electrons. The molecule has 1 aromatic rings. The van der Waals surface area contributed by atoms with Gasteiger partial charge in [-0.3, -0.25) is 4.79 Å². The molecule has 82 valence electrons. The Morgan fingerprint density at radius 2 is 2.20 bits per heavy atom. The third-order valence-corrected chi connectivity index (χ3v) is 2.53. The minimum atomic E-state index is -1.03. The Hall–Kier alpha value is -1.42. The smallest absolute Gasteiger partial charge is 0.307 e. The standard InChI is InChI=1S/C10H11ClO4/c1-5-6(3-9(12)13)10(14)8(15-2)4-7(5)11/h4,14H,3H2,1-2H3,(H,12,13). The van der Waals surface area contributed by atoms with Gasteiger partial charge in [0.2, 0.25) is 0 Å². The van der Waals surface area contributed by atoms with Crippen molar-refractivity contribution in [2.75, 3.05) is 7.11 Å². The van der Waals surface area contributed by atoms with E-state index in [4.69, 9.17) is 21.4 Å². The zero-order chi connectivity index (χ0) is 11.6. The summed E-state index contributed by atoms with van der Waals surface area (Å²) < 4.78 is 4.88. The summed E-state index contributed by atoms with van der Waals surface area (Å²) in [5.41, 5.74) is 0.837. The summed E-state index contributed by atoms with van der Waals surface area (Å²) >= 11 is 5.87. The maximum absolute atomic E-state index is 10.6. The zero-order valence-corrected chi connectivity index (χ0v) is 9.13. The number of carboxylic acid groups (broad SMARTS) is 1. The second-order valence-corrected chi connectivity index (χ2v) is 3.49. The molecule has 5 heteroatoms. The number of hydrogen-bond donors (Lipinski definition) is 2. The van der Waals surface area contributed by atoms with E-state index in [-0.39, 0.29) is 23.5 Å². The van der Waals surface area contributed by atoms with Crippen molar-refractivity contribution in [3.05, 3.63) is 22.2 Å². The number of benzene rings is 1. The van der Waals surface area contributed by atoms with Crippen molar-refractivity contribution < 1.29 is 19.7 Å². The number of methoxy groups -OCH3 is 1. The van der Waals surface area contributed by atoms with Gasteiger partial charge in [0.1, 0.15) is 0 Å². The van der Waals surface area contributed by atoms with Gasteiger partial charge in [-0.15, -0.1) is 0 Å². The molecule has 0 aliphatic heterocycles. The Morgan fingerprint density at radius 1 is 1.60 bits per heavy atom. The summed E-state index contributed by atoms with van der Waals surface area (Å²) in [6.45, 7) is 1.65. The molecule has 0 aliphatic carbocycles. The summed E-state index contributed by atoms with van der Waals surface area (Å²) in [6, 6.07) is 1.46. The summed E-state index contributed by atoms with van der Waals surface area (Å²) in [7, 11) is 1.38. The fourth-order valence-electron chi connectivity index (χ4n) is 1.29. The quantitative estimate of drug-likeness (QED) is 0.833. The third-order valence-electron chi connectivity index (χ3n) is 2.14. The Bertz CT molecular complexity index is 401. The van der Waals surface area contributed by atoms with Gasteiger partial charge >= 0.3 is 5.97 Å². The summed E-state index contributed by atoms with van der Waals surface area (Å²) in [5.74, 6) is -1.01. The number of aromatic hydroxyl groups is 1. The Balaban J connectivity index is 3.33. The van der Waals surface area contributed by atoms with E-state index in [2.05, 4.69) is 0 Å². The van der Waals surface area contributed by atoms with E-state index in [9.17, 15) is 9.90 Å². The van der Waals surface area contributed by atoms with Crippen LogP contribution < -0.4 is 4.74 Å². The second-order valence-electron chi connectivity index (χ2n) is 3.08. The van der Waals surface area contributed by atoms with Gasteiger partial charge in [-0.1, -0.05) is 11.6 Å². The van der Waals surface area contributed by atoms with Crippen molar-refractivity contribution in [1.29, 1.82) is 0 Å². The van der Waals surface area contributed by atoms with Crippen LogP contribution in [-0.4, -0.2) is 23.3 Å². The van der Waals surface area contributed by atoms with Gasteiger partial charge in [0.05, 0.1) is 13.5 Å². The highest BCUT2D eigenvalue weighted by atomic mass is 35.5. The number of phenols is 1. The number of ether oxygens (including phenoxy) is 1. The van der Waals surface area contributed by atoms with E-state index in [1.54, 1.807) is 6.92 Å². The lowest BCUT2D eigenvalue weighted by molar-refractivity contribution is -0.136. The van der Waals surface area contributed by atoms with Gasteiger partial charge in [0.25, 0.3) is 0 Å². The second kappa shape index (κ2) is 4.40.